The molecular weight excluding hydrogens is 418 g/mol. The monoisotopic (exact) mass is 445 g/mol. The van der Waals surface area contributed by atoms with Crippen LogP contribution in [0.15, 0.2) is 66.9 Å². The molecule has 0 unspecified atom stereocenters. The third-order valence-electron chi connectivity index (χ3n) is 5.23. The summed E-state index contributed by atoms with van der Waals surface area (Å²) in [6, 6.07) is 19.7. The number of hydrogen-bond acceptors (Lipinski definition) is 5. The van der Waals surface area contributed by atoms with Crippen molar-refractivity contribution < 1.29 is 9.53 Å². The van der Waals surface area contributed by atoms with Crippen LogP contribution >= 0.6 is 11.3 Å². The fourth-order valence-corrected chi connectivity index (χ4v) is 4.61. The highest BCUT2D eigenvalue weighted by atomic mass is 32.1. The Kier molecular flexibility index (Phi) is 6.81. The molecule has 1 amide bonds. The van der Waals surface area contributed by atoms with Crippen LogP contribution in [0.2, 0.25) is 0 Å². The zero-order chi connectivity index (χ0) is 22.5. The van der Waals surface area contributed by atoms with Crippen LogP contribution in [0.1, 0.15) is 43.5 Å². The Hall–Kier alpha value is -3.25. The minimum absolute atomic E-state index is 0.00929. The van der Waals surface area contributed by atoms with Gasteiger partial charge in [-0.2, -0.15) is 0 Å². The zero-order valence-corrected chi connectivity index (χ0v) is 19.4. The summed E-state index contributed by atoms with van der Waals surface area (Å²) in [5.74, 6) is 1.16. The third kappa shape index (κ3) is 4.97. The summed E-state index contributed by atoms with van der Waals surface area (Å²) in [7, 11) is 0. The first-order valence-corrected chi connectivity index (χ1v) is 11.7. The SMILES string of the molecule is CCOc1ccc(CC(=O)N(Cc2ccccn2)c2nc3c(C(C)C)cccc3s2)cc1. The minimum atomic E-state index is -0.00929. The van der Waals surface area contributed by atoms with Gasteiger partial charge in [0.05, 0.1) is 35.5 Å². The molecule has 164 valence electrons. The van der Waals surface area contributed by atoms with Crippen molar-refractivity contribution in [1.82, 2.24) is 9.97 Å². The van der Waals surface area contributed by atoms with Crippen molar-refractivity contribution in [1.29, 1.82) is 0 Å². The molecule has 0 radical (unpaired) electrons. The number of aromatic nitrogens is 2. The Morgan fingerprint density at radius 1 is 1.06 bits per heavy atom. The van der Waals surface area contributed by atoms with Crippen molar-refractivity contribution in [3.8, 4) is 5.75 Å². The second kappa shape index (κ2) is 9.92. The lowest BCUT2D eigenvalue weighted by atomic mass is 10.0. The molecular formula is C26H27N3O2S. The van der Waals surface area contributed by atoms with Crippen molar-refractivity contribution in [2.24, 2.45) is 0 Å². The fraction of sp³-hybridized carbons (Fsp3) is 0.269. The van der Waals surface area contributed by atoms with E-state index in [0.717, 1.165) is 27.2 Å². The quantitative estimate of drug-likeness (QED) is 0.334. The molecule has 5 nitrogen and oxygen atoms in total. The van der Waals surface area contributed by atoms with Crippen LogP contribution in [0.5, 0.6) is 5.75 Å². The molecule has 0 saturated carbocycles. The number of hydrogen-bond donors (Lipinski definition) is 0. The number of pyridine rings is 1. The van der Waals surface area contributed by atoms with Gasteiger partial charge in [-0.25, -0.2) is 4.98 Å². The molecule has 32 heavy (non-hydrogen) atoms. The Labute approximate surface area is 192 Å². The Balaban J connectivity index is 1.66. The highest BCUT2D eigenvalue weighted by Gasteiger charge is 2.22. The lowest BCUT2D eigenvalue weighted by molar-refractivity contribution is -0.118. The summed E-state index contributed by atoms with van der Waals surface area (Å²) in [5, 5.41) is 0.703. The molecule has 2 heterocycles. The molecule has 4 aromatic rings. The molecule has 0 spiro atoms. The van der Waals surface area contributed by atoms with E-state index in [-0.39, 0.29) is 12.3 Å². The van der Waals surface area contributed by atoms with Crippen LogP contribution in [-0.2, 0) is 17.8 Å². The second-order valence-corrected chi connectivity index (χ2v) is 8.91. The maximum Gasteiger partial charge on any atom is 0.233 e. The summed E-state index contributed by atoms with van der Waals surface area (Å²) in [5.41, 5.74) is 3.94. The van der Waals surface area contributed by atoms with Crippen molar-refractivity contribution >= 4 is 32.6 Å². The van der Waals surface area contributed by atoms with Crippen LogP contribution in [0.3, 0.4) is 0 Å². The first-order chi connectivity index (χ1) is 15.5. The van der Waals surface area contributed by atoms with Crippen LogP contribution in [0, 0.1) is 0 Å². The Morgan fingerprint density at radius 3 is 2.56 bits per heavy atom. The van der Waals surface area contributed by atoms with Crippen molar-refractivity contribution in [2.45, 2.75) is 39.7 Å². The predicted octanol–water partition coefficient (Wildman–Crippen LogP) is 5.99. The van der Waals surface area contributed by atoms with E-state index in [1.165, 1.54) is 5.56 Å². The van der Waals surface area contributed by atoms with Crippen LogP contribution in [0.4, 0.5) is 5.13 Å². The van der Waals surface area contributed by atoms with E-state index in [9.17, 15) is 4.79 Å². The standard InChI is InChI=1S/C26H27N3O2S/c1-4-31-21-13-11-19(12-14-21)16-24(30)29(17-20-8-5-6-15-27-20)26-28-25-22(18(2)3)9-7-10-23(25)32-26/h5-15,18H,4,16-17H2,1-3H3. The third-order valence-corrected chi connectivity index (χ3v) is 6.27. The Morgan fingerprint density at radius 2 is 1.88 bits per heavy atom. The average molecular weight is 446 g/mol. The van der Waals surface area contributed by atoms with E-state index >= 15 is 0 Å². The van der Waals surface area contributed by atoms with Gasteiger partial charge in [-0.05, 0) is 54.3 Å². The second-order valence-electron chi connectivity index (χ2n) is 7.90. The maximum absolute atomic E-state index is 13.5. The van der Waals surface area contributed by atoms with Gasteiger partial charge in [-0.15, -0.1) is 0 Å². The molecule has 0 aliphatic heterocycles. The van der Waals surface area contributed by atoms with Gasteiger partial charge >= 0.3 is 0 Å². The topological polar surface area (TPSA) is 55.3 Å². The summed E-state index contributed by atoms with van der Waals surface area (Å²) in [4.78, 5) is 24.6. The van der Waals surface area contributed by atoms with E-state index in [1.54, 1.807) is 22.4 Å². The van der Waals surface area contributed by atoms with Gasteiger partial charge in [0, 0.05) is 6.20 Å². The molecule has 4 rings (SSSR count). The van der Waals surface area contributed by atoms with Gasteiger partial charge in [0.1, 0.15) is 5.75 Å². The lowest BCUT2D eigenvalue weighted by Gasteiger charge is -2.20. The van der Waals surface area contributed by atoms with E-state index in [2.05, 4.69) is 37.0 Å². The highest BCUT2D eigenvalue weighted by molar-refractivity contribution is 7.22. The van der Waals surface area contributed by atoms with Crippen molar-refractivity contribution in [3.63, 3.8) is 0 Å². The number of carbonyl (C=O) groups is 1. The lowest BCUT2D eigenvalue weighted by Crippen LogP contribution is -2.32. The van der Waals surface area contributed by atoms with Gasteiger partial charge in [0.2, 0.25) is 5.91 Å². The molecule has 0 aliphatic rings. The summed E-state index contributed by atoms with van der Waals surface area (Å²) in [6.45, 7) is 7.28. The van der Waals surface area contributed by atoms with Gasteiger partial charge < -0.3 is 4.74 Å². The number of carbonyl (C=O) groups excluding carboxylic acids is 1. The number of anilines is 1. The molecule has 2 aromatic carbocycles. The number of para-hydroxylation sites is 1. The highest BCUT2D eigenvalue weighted by Crippen LogP contribution is 2.34. The first-order valence-electron chi connectivity index (χ1n) is 10.9. The van der Waals surface area contributed by atoms with E-state index in [1.807, 2.05) is 49.4 Å². The number of thiazole rings is 1. The Bertz CT molecular complexity index is 1190. The van der Waals surface area contributed by atoms with Crippen molar-refractivity contribution in [2.75, 3.05) is 11.5 Å². The molecule has 0 N–H and O–H groups in total. The molecule has 0 bridgehead atoms. The van der Waals surface area contributed by atoms with Crippen LogP contribution in [0.25, 0.3) is 10.2 Å². The van der Waals surface area contributed by atoms with Crippen LogP contribution in [-0.4, -0.2) is 22.5 Å². The number of amides is 1. The number of nitrogens with zero attached hydrogens (tertiary/aromatic N) is 3. The molecule has 0 fully saturated rings. The molecule has 6 heteroatoms. The van der Waals surface area contributed by atoms with E-state index < -0.39 is 0 Å². The maximum atomic E-state index is 13.5. The average Bonchev–Trinajstić information content (AvgIpc) is 3.23. The predicted molar refractivity (Wildman–Crippen MR) is 130 cm³/mol. The van der Waals surface area contributed by atoms with Gasteiger partial charge in [0.15, 0.2) is 5.13 Å². The number of rotatable bonds is 8. The summed E-state index contributed by atoms with van der Waals surface area (Å²) in [6.07, 6.45) is 2.03. The number of fused-ring (bicyclic) bond motifs is 1. The zero-order valence-electron chi connectivity index (χ0n) is 18.6. The molecule has 0 aliphatic carbocycles. The van der Waals surface area contributed by atoms with Gasteiger partial charge in [-0.1, -0.05) is 55.5 Å². The minimum Gasteiger partial charge on any atom is -0.494 e. The van der Waals surface area contributed by atoms with Crippen LogP contribution < -0.4 is 9.64 Å². The van der Waals surface area contributed by atoms with Gasteiger partial charge in [0.25, 0.3) is 0 Å². The molecule has 0 saturated heterocycles. The normalized spacial score (nSPS) is 11.1. The number of ether oxygens (including phenoxy) is 1. The van der Waals surface area contributed by atoms with Crippen molar-refractivity contribution in [3.05, 3.63) is 83.7 Å². The first kappa shape index (κ1) is 22.0. The largest absolute Gasteiger partial charge is 0.494 e. The summed E-state index contributed by atoms with van der Waals surface area (Å²) >= 11 is 1.55. The smallest absolute Gasteiger partial charge is 0.233 e. The van der Waals surface area contributed by atoms with E-state index in [0.29, 0.717) is 24.2 Å². The van der Waals surface area contributed by atoms with Gasteiger partial charge in [-0.3, -0.25) is 14.7 Å². The summed E-state index contributed by atoms with van der Waals surface area (Å²) < 4.78 is 6.60. The fourth-order valence-electron chi connectivity index (χ4n) is 3.60. The molecule has 0 atom stereocenters. The molecule has 2 aromatic heterocycles. The number of benzene rings is 2. The van der Waals surface area contributed by atoms with E-state index in [4.69, 9.17) is 9.72 Å².